The number of para-hydroxylation sites is 1. The SMILES string of the molecule is CCNC(=NCc1cccc2c1OCCCO2)NCCn1cccc1. The number of hydrogen-bond donors (Lipinski definition) is 2. The first-order valence-corrected chi connectivity index (χ1v) is 8.87. The fraction of sp³-hybridized carbons (Fsp3) is 0.421. The van der Waals surface area contributed by atoms with Crippen LogP contribution in [0, 0.1) is 0 Å². The van der Waals surface area contributed by atoms with Crippen LogP contribution in [0.4, 0.5) is 0 Å². The Kier molecular flexibility index (Phi) is 6.20. The second kappa shape index (κ2) is 9.01. The molecular formula is C19H26N4O2. The maximum atomic E-state index is 5.86. The lowest BCUT2D eigenvalue weighted by atomic mass is 10.2. The van der Waals surface area contributed by atoms with Gasteiger partial charge >= 0.3 is 0 Å². The average Bonchev–Trinajstić information content (AvgIpc) is 3.02. The number of aromatic nitrogens is 1. The van der Waals surface area contributed by atoms with Gasteiger partial charge in [0.2, 0.25) is 0 Å². The molecule has 1 aromatic heterocycles. The number of fused-ring (bicyclic) bond motifs is 1. The van der Waals surface area contributed by atoms with Crippen LogP contribution >= 0.6 is 0 Å². The van der Waals surface area contributed by atoms with E-state index in [9.17, 15) is 0 Å². The summed E-state index contributed by atoms with van der Waals surface area (Å²) in [6, 6.07) is 10.0. The summed E-state index contributed by atoms with van der Waals surface area (Å²) >= 11 is 0. The summed E-state index contributed by atoms with van der Waals surface area (Å²) in [5, 5.41) is 6.65. The monoisotopic (exact) mass is 342 g/mol. The lowest BCUT2D eigenvalue weighted by molar-refractivity contribution is 0.296. The zero-order valence-electron chi connectivity index (χ0n) is 14.7. The van der Waals surface area contributed by atoms with Crippen molar-refractivity contribution >= 4 is 5.96 Å². The quantitative estimate of drug-likeness (QED) is 0.625. The van der Waals surface area contributed by atoms with Crippen LogP contribution in [0.25, 0.3) is 0 Å². The minimum atomic E-state index is 0.547. The molecule has 134 valence electrons. The van der Waals surface area contributed by atoms with Gasteiger partial charge in [0.25, 0.3) is 0 Å². The Morgan fingerprint density at radius 1 is 1.12 bits per heavy atom. The topological polar surface area (TPSA) is 59.8 Å². The summed E-state index contributed by atoms with van der Waals surface area (Å²) in [5.41, 5.74) is 1.04. The second-order valence-corrected chi connectivity index (χ2v) is 5.84. The van der Waals surface area contributed by atoms with E-state index < -0.39 is 0 Å². The number of nitrogens with zero attached hydrogens (tertiary/aromatic N) is 2. The molecular weight excluding hydrogens is 316 g/mol. The highest BCUT2D eigenvalue weighted by Gasteiger charge is 2.14. The predicted molar refractivity (Wildman–Crippen MR) is 99.3 cm³/mol. The number of ether oxygens (including phenoxy) is 2. The summed E-state index contributed by atoms with van der Waals surface area (Å²) < 4.78 is 13.7. The molecule has 3 rings (SSSR count). The van der Waals surface area contributed by atoms with Gasteiger partial charge in [0, 0.05) is 44.0 Å². The van der Waals surface area contributed by atoms with Crippen molar-refractivity contribution in [1.29, 1.82) is 0 Å². The Balaban J connectivity index is 1.63. The summed E-state index contributed by atoms with van der Waals surface area (Å²) in [7, 11) is 0. The van der Waals surface area contributed by atoms with Crippen LogP contribution in [0.15, 0.2) is 47.7 Å². The van der Waals surface area contributed by atoms with E-state index in [0.717, 1.165) is 49.1 Å². The van der Waals surface area contributed by atoms with Gasteiger partial charge in [-0.05, 0) is 25.1 Å². The predicted octanol–water partition coefficient (Wildman–Crippen LogP) is 2.40. The fourth-order valence-electron chi connectivity index (χ4n) is 2.71. The molecule has 6 heteroatoms. The molecule has 0 radical (unpaired) electrons. The summed E-state index contributed by atoms with van der Waals surface area (Å²) in [4.78, 5) is 4.69. The van der Waals surface area contributed by atoms with E-state index in [-0.39, 0.29) is 0 Å². The standard InChI is InChI=1S/C19H26N4O2/c1-2-20-19(21-9-12-23-10-3-4-11-23)22-15-16-7-5-8-17-18(16)25-14-6-13-24-17/h3-5,7-8,10-11H,2,6,9,12-15H2,1H3,(H2,20,21,22). The summed E-state index contributed by atoms with van der Waals surface area (Å²) in [6.45, 7) is 6.52. The molecule has 25 heavy (non-hydrogen) atoms. The number of aliphatic imine (C=N–C) groups is 1. The van der Waals surface area contributed by atoms with Gasteiger partial charge in [-0.15, -0.1) is 0 Å². The fourth-order valence-corrected chi connectivity index (χ4v) is 2.71. The zero-order valence-corrected chi connectivity index (χ0v) is 14.7. The van der Waals surface area contributed by atoms with Crippen molar-refractivity contribution in [3.8, 4) is 11.5 Å². The molecule has 0 amide bonds. The summed E-state index contributed by atoms with van der Waals surface area (Å²) in [5.74, 6) is 2.45. The molecule has 2 heterocycles. The number of guanidine groups is 1. The largest absolute Gasteiger partial charge is 0.490 e. The van der Waals surface area contributed by atoms with Gasteiger partial charge in [-0.25, -0.2) is 4.99 Å². The van der Waals surface area contributed by atoms with Crippen LogP contribution in [0.5, 0.6) is 11.5 Å². The Bertz CT molecular complexity index is 683. The van der Waals surface area contributed by atoms with Crippen LogP contribution in [0.3, 0.4) is 0 Å². The zero-order chi connectivity index (χ0) is 17.3. The first-order valence-electron chi connectivity index (χ1n) is 8.87. The molecule has 2 aromatic rings. The molecule has 0 bridgehead atoms. The molecule has 2 N–H and O–H groups in total. The molecule has 0 atom stereocenters. The van der Waals surface area contributed by atoms with E-state index in [1.165, 1.54) is 0 Å². The lowest BCUT2D eigenvalue weighted by Gasteiger charge is -2.14. The van der Waals surface area contributed by atoms with Crippen LogP contribution in [-0.2, 0) is 13.1 Å². The van der Waals surface area contributed by atoms with Crippen molar-refractivity contribution < 1.29 is 9.47 Å². The number of hydrogen-bond acceptors (Lipinski definition) is 3. The first kappa shape index (κ1) is 17.2. The third-order valence-electron chi connectivity index (χ3n) is 3.93. The van der Waals surface area contributed by atoms with Crippen LogP contribution in [-0.4, -0.2) is 36.8 Å². The van der Waals surface area contributed by atoms with Crippen LogP contribution in [0.2, 0.25) is 0 Å². The summed E-state index contributed by atoms with van der Waals surface area (Å²) in [6.07, 6.45) is 5.02. The van der Waals surface area contributed by atoms with E-state index in [1.807, 2.05) is 30.3 Å². The van der Waals surface area contributed by atoms with Crippen molar-refractivity contribution in [3.63, 3.8) is 0 Å². The third kappa shape index (κ3) is 4.92. The van der Waals surface area contributed by atoms with E-state index >= 15 is 0 Å². The van der Waals surface area contributed by atoms with E-state index in [4.69, 9.17) is 14.5 Å². The van der Waals surface area contributed by atoms with Gasteiger partial charge < -0.3 is 24.7 Å². The molecule has 0 aliphatic carbocycles. The molecule has 1 aliphatic heterocycles. The average molecular weight is 342 g/mol. The molecule has 0 fully saturated rings. The molecule has 0 saturated carbocycles. The van der Waals surface area contributed by atoms with Gasteiger partial charge in [-0.1, -0.05) is 12.1 Å². The van der Waals surface area contributed by atoms with Crippen molar-refractivity contribution in [2.24, 2.45) is 4.99 Å². The van der Waals surface area contributed by atoms with Crippen molar-refractivity contribution in [2.45, 2.75) is 26.4 Å². The minimum Gasteiger partial charge on any atom is -0.490 e. The van der Waals surface area contributed by atoms with Gasteiger partial charge in [0.15, 0.2) is 17.5 Å². The number of rotatable bonds is 6. The van der Waals surface area contributed by atoms with E-state index in [1.54, 1.807) is 0 Å². The third-order valence-corrected chi connectivity index (χ3v) is 3.93. The van der Waals surface area contributed by atoms with Gasteiger partial charge in [0.05, 0.1) is 19.8 Å². The highest BCUT2D eigenvalue weighted by atomic mass is 16.5. The van der Waals surface area contributed by atoms with Gasteiger partial charge in [0.1, 0.15) is 0 Å². The molecule has 6 nitrogen and oxygen atoms in total. The van der Waals surface area contributed by atoms with Crippen molar-refractivity contribution in [3.05, 3.63) is 48.3 Å². The maximum Gasteiger partial charge on any atom is 0.191 e. The molecule has 0 spiro atoms. The van der Waals surface area contributed by atoms with Gasteiger partial charge in [-0.2, -0.15) is 0 Å². The Morgan fingerprint density at radius 3 is 2.80 bits per heavy atom. The molecule has 1 aliphatic rings. The van der Waals surface area contributed by atoms with Crippen LogP contribution in [0.1, 0.15) is 18.9 Å². The Labute approximate surface area is 148 Å². The minimum absolute atomic E-state index is 0.547. The maximum absolute atomic E-state index is 5.86. The number of benzene rings is 1. The number of nitrogens with one attached hydrogen (secondary N) is 2. The lowest BCUT2D eigenvalue weighted by Crippen LogP contribution is -2.38. The highest BCUT2D eigenvalue weighted by Crippen LogP contribution is 2.33. The first-order chi connectivity index (χ1) is 12.4. The smallest absolute Gasteiger partial charge is 0.191 e. The van der Waals surface area contributed by atoms with Crippen molar-refractivity contribution in [2.75, 3.05) is 26.3 Å². The van der Waals surface area contributed by atoms with Gasteiger partial charge in [-0.3, -0.25) is 0 Å². The van der Waals surface area contributed by atoms with Crippen LogP contribution < -0.4 is 20.1 Å². The Hall–Kier alpha value is -2.63. The molecule has 0 saturated heterocycles. The van der Waals surface area contributed by atoms with E-state index in [2.05, 4.69) is 34.5 Å². The van der Waals surface area contributed by atoms with E-state index in [0.29, 0.717) is 19.8 Å². The highest BCUT2D eigenvalue weighted by molar-refractivity contribution is 5.79. The molecule has 1 aromatic carbocycles. The second-order valence-electron chi connectivity index (χ2n) is 5.84. The van der Waals surface area contributed by atoms with Crippen molar-refractivity contribution in [1.82, 2.24) is 15.2 Å². The Morgan fingerprint density at radius 2 is 1.96 bits per heavy atom. The molecule has 0 unspecified atom stereocenters. The normalized spacial score (nSPS) is 14.0.